The van der Waals surface area contributed by atoms with E-state index in [9.17, 15) is 0 Å². The number of para-hydroxylation sites is 3. The molecule has 4 heterocycles. The summed E-state index contributed by atoms with van der Waals surface area (Å²) in [6.07, 6.45) is 4.19. The van der Waals surface area contributed by atoms with Crippen molar-refractivity contribution in [2.75, 3.05) is 4.90 Å². The third-order valence-electron chi connectivity index (χ3n) is 10.3. The molecular weight excluding hydrogens is 748 g/mol. The van der Waals surface area contributed by atoms with Crippen LogP contribution in [-0.4, -0.2) is 15.1 Å². The normalized spacial score (nSPS) is 18.9. The summed E-state index contributed by atoms with van der Waals surface area (Å²) in [6, 6.07) is 38.8. The van der Waals surface area contributed by atoms with Gasteiger partial charge in [0.2, 0.25) is 0 Å². The Bertz CT molecular complexity index is 2040. The van der Waals surface area contributed by atoms with Gasteiger partial charge >= 0.3 is 21.1 Å². The molecule has 9 rings (SSSR count). The molecule has 230 valence electrons. The molecule has 0 radical (unpaired) electrons. The van der Waals surface area contributed by atoms with Crippen molar-refractivity contribution in [3.8, 4) is 11.4 Å². The van der Waals surface area contributed by atoms with Crippen LogP contribution in [0.25, 0.3) is 33.2 Å². The third-order valence-corrected chi connectivity index (χ3v) is 10.3. The molecule has 7 aromatic rings. The van der Waals surface area contributed by atoms with Crippen LogP contribution in [0, 0.1) is 5.41 Å². The summed E-state index contributed by atoms with van der Waals surface area (Å²) in [5.74, 6) is 2.13. The molecule has 2 atom stereocenters. The van der Waals surface area contributed by atoms with Gasteiger partial charge in [-0.15, -0.1) is 11.0 Å². The van der Waals surface area contributed by atoms with E-state index < -0.39 is 0 Å². The number of hydrogen-bond acceptors (Lipinski definition) is 4. The summed E-state index contributed by atoms with van der Waals surface area (Å²) >= 11 is 0. The molecule has 4 aromatic heterocycles. The molecule has 1 saturated carbocycles. The number of pyridine rings is 2. The monoisotopic (exact) mass is 781 g/mol. The minimum Gasteiger partial charge on any atom is -0.657 e. The molecular formula is C39H34N6Pt. The van der Waals surface area contributed by atoms with Crippen LogP contribution in [0.2, 0.25) is 0 Å². The third kappa shape index (κ3) is 4.70. The number of nitrogens with zero attached hydrogens (tertiary/aromatic N) is 6. The molecule has 0 spiro atoms. The van der Waals surface area contributed by atoms with Crippen LogP contribution in [0.5, 0.6) is 0 Å². The van der Waals surface area contributed by atoms with Crippen molar-refractivity contribution in [3.05, 3.63) is 133 Å². The van der Waals surface area contributed by atoms with Crippen LogP contribution >= 0.6 is 0 Å². The first-order valence-electron chi connectivity index (χ1n) is 15.6. The van der Waals surface area contributed by atoms with E-state index in [1.165, 1.54) is 34.9 Å². The summed E-state index contributed by atoms with van der Waals surface area (Å²) in [7, 11) is 0. The SMILES string of the molecule is CC12CCC(c3c1n[n-]c3-c1cccc(N(c3ccccc3)c3ccccn3)n1)C2(C)C.[Pt+2].c1ccc2c(c1)[n-]c1ccccc12. The average Bonchev–Trinajstić information content (AvgIpc) is 3.79. The van der Waals surface area contributed by atoms with Gasteiger partial charge in [-0.25, -0.2) is 9.97 Å². The minimum absolute atomic E-state index is 0. The predicted octanol–water partition coefficient (Wildman–Crippen LogP) is 9.09. The second-order valence-corrected chi connectivity index (χ2v) is 12.8. The summed E-state index contributed by atoms with van der Waals surface area (Å²) in [5, 5.41) is 11.9. The standard InChI is InChI=1S/C27H26N5.C12H8N.Pt/c1-26(2)19-15-16-27(26,3)25-23(19)24(30-31-25)20-12-9-14-22(29-20)32(18-10-5-4-6-11-18)21-13-7-8-17-28-21;1-3-7-11-9(5-1)10-6-2-4-8-12(10)13-11;/h4-14,17,19H,15-16H2,1-3H3;1-8H;/q2*-1;+2. The maximum atomic E-state index is 5.08. The molecule has 0 aliphatic heterocycles. The van der Waals surface area contributed by atoms with E-state index >= 15 is 0 Å². The molecule has 2 bridgehead atoms. The predicted molar refractivity (Wildman–Crippen MR) is 181 cm³/mol. The van der Waals surface area contributed by atoms with Gasteiger partial charge in [0.1, 0.15) is 11.6 Å². The van der Waals surface area contributed by atoms with Gasteiger partial charge in [-0.2, -0.15) is 0 Å². The van der Waals surface area contributed by atoms with Crippen LogP contribution in [0.15, 0.2) is 121 Å². The number of anilines is 3. The van der Waals surface area contributed by atoms with Gasteiger partial charge in [0.25, 0.3) is 0 Å². The Morgan fingerprint density at radius 2 is 1.37 bits per heavy atom. The number of hydrogen-bond donors (Lipinski definition) is 0. The second kappa shape index (κ2) is 11.7. The minimum atomic E-state index is 0. The van der Waals surface area contributed by atoms with Crippen molar-refractivity contribution < 1.29 is 21.1 Å². The molecule has 0 amide bonds. The van der Waals surface area contributed by atoms with Gasteiger partial charge in [-0.3, -0.25) is 4.90 Å². The molecule has 7 heteroatoms. The van der Waals surface area contributed by atoms with Crippen LogP contribution in [0.4, 0.5) is 17.3 Å². The fraction of sp³-hybridized carbons (Fsp3) is 0.205. The zero-order valence-electron chi connectivity index (χ0n) is 26.0. The first-order chi connectivity index (χ1) is 22.0. The van der Waals surface area contributed by atoms with Gasteiger partial charge < -0.3 is 15.2 Å². The number of benzene rings is 3. The van der Waals surface area contributed by atoms with Gasteiger partial charge in [0, 0.05) is 23.0 Å². The summed E-state index contributed by atoms with van der Waals surface area (Å²) in [5.41, 5.74) is 7.81. The number of aromatic nitrogens is 5. The van der Waals surface area contributed by atoms with Gasteiger partial charge in [-0.1, -0.05) is 105 Å². The Hall–Kier alpha value is -4.54. The molecule has 2 unspecified atom stereocenters. The zero-order chi connectivity index (χ0) is 30.6. The molecule has 2 aliphatic carbocycles. The quantitative estimate of drug-likeness (QED) is 0.178. The second-order valence-electron chi connectivity index (χ2n) is 12.8. The Labute approximate surface area is 283 Å². The molecule has 0 saturated heterocycles. The molecule has 2 aliphatic rings. The Kier molecular flexibility index (Phi) is 7.65. The molecule has 0 N–H and O–H groups in total. The Morgan fingerprint density at radius 1 is 0.717 bits per heavy atom. The molecule has 1 fully saturated rings. The van der Waals surface area contributed by atoms with E-state index in [0.29, 0.717) is 5.92 Å². The molecule has 46 heavy (non-hydrogen) atoms. The Morgan fingerprint density at radius 3 is 2.07 bits per heavy atom. The maximum absolute atomic E-state index is 5.08. The van der Waals surface area contributed by atoms with Crippen molar-refractivity contribution in [1.82, 2.24) is 25.1 Å². The van der Waals surface area contributed by atoms with Gasteiger partial charge in [0.15, 0.2) is 0 Å². The van der Waals surface area contributed by atoms with Gasteiger partial charge in [-0.05, 0) is 76.9 Å². The summed E-state index contributed by atoms with van der Waals surface area (Å²) in [6.45, 7) is 7.13. The number of rotatable bonds is 4. The summed E-state index contributed by atoms with van der Waals surface area (Å²) < 4.78 is 0. The van der Waals surface area contributed by atoms with Crippen LogP contribution in [0.3, 0.4) is 0 Å². The van der Waals surface area contributed by atoms with E-state index in [2.05, 4.69) is 101 Å². The van der Waals surface area contributed by atoms with Crippen LogP contribution in [-0.2, 0) is 26.5 Å². The van der Waals surface area contributed by atoms with Crippen molar-refractivity contribution >= 4 is 39.1 Å². The average molecular weight is 782 g/mol. The maximum Gasteiger partial charge on any atom is 2.00 e. The summed E-state index contributed by atoms with van der Waals surface area (Å²) in [4.78, 5) is 16.3. The van der Waals surface area contributed by atoms with Crippen molar-refractivity contribution in [2.24, 2.45) is 5.41 Å². The van der Waals surface area contributed by atoms with E-state index in [4.69, 9.17) is 10.1 Å². The van der Waals surface area contributed by atoms with E-state index in [1.54, 1.807) is 0 Å². The van der Waals surface area contributed by atoms with E-state index in [1.807, 2.05) is 60.8 Å². The van der Waals surface area contributed by atoms with Crippen LogP contribution < -0.4 is 15.0 Å². The molecule has 6 nitrogen and oxygen atoms in total. The first kappa shape index (κ1) is 30.1. The first-order valence-corrected chi connectivity index (χ1v) is 15.6. The van der Waals surface area contributed by atoms with Crippen molar-refractivity contribution in [2.45, 2.75) is 44.9 Å². The van der Waals surface area contributed by atoms with E-state index in [0.717, 1.165) is 39.7 Å². The van der Waals surface area contributed by atoms with Crippen molar-refractivity contribution in [3.63, 3.8) is 0 Å². The van der Waals surface area contributed by atoms with E-state index in [-0.39, 0.29) is 31.9 Å². The topological polar surface area (TPSA) is 70.1 Å². The van der Waals surface area contributed by atoms with Gasteiger partial charge in [0.05, 0.1) is 5.69 Å². The number of fused-ring (bicyclic) bond motifs is 8. The van der Waals surface area contributed by atoms with Crippen molar-refractivity contribution in [1.29, 1.82) is 0 Å². The molecule has 3 aromatic carbocycles. The van der Waals surface area contributed by atoms with Crippen LogP contribution in [0.1, 0.15) is 50.8 Å². The largest absolute Gasteiger partial charge is 2.00 e. The Balaban J connectivity index is 0.000000201. The zero-order valence-corrected chi connectivity index (χ0v) is 28.3. The fourth-order valence-corrected chi connectivity index (χ4v) is 7.53. The smallest absolute Gasteiger partial charge is 0.657 e. The fourth-order valence-electron chi connectivity index (χ4n) is 7.53.